The summed E-state index contributed by atoms with van der Waals surface area (Å²) in [4.78, 5) is 20.0. The number of pyridine rings is 1. The molecule has 0 spiro atoms. The first-order valence-corrected chi connectivity index (χ1v) is 7.08. The average molecular weight is 311 g/mol. The Labute approximate surface area is 131 Å². The molecule has 2 aromatic heterocycles. The van der Waals surface area contributed by atoms with Gasteiger partial charge in [0.2, 0.25) is 11.9 Å². The maximum absolute atomic E-state index is 12.8. The highest BCUT2D eigenvalue weighted by atomic mass is 19.1. The minimum Gasteiger partial charge on any atom is -0.293 e. The van der Waals surface area contributed by atoms with Crippen LogP contribution in [0.2, 0.25) is 0 Å². The molecule has 7 heteroatoms. The summed E-state index contributed by atoms with van der Waals surface area (Å²) < 4.78 is 12.8. The molecule has 6 nitrogen and oxygen atoms in total. The highest BCUT2D eigenvalue weighted by molar-refractivity contribution is 5.89. The number of halogens is 1. The molecule has 3 aromatic rings. The van der Waals surface area contributed by atoms with E-state index < -0.39 is 0 Å². The van der Waals surface area contributed by atoms with Crippen LogP contribution in [0.5, 0.6) is 0 Å². The first-order chi connectivity index (χ1) is 11.2. The Morgan fingerprint density at radius 1 is 1.13 bits per heavy atom. The van der Waals surface area contributed by atoms with Crippen molar-refractivity contribution in [3.05, 3.63) is 60.2 Å². The standard InChI is InChI=1S/C16H14FN5O/c17-13-4-1-11(2-5-13)3-6-14(23)19-16-20-15(21-22-16)12-7-9-18-10-8-12/h1-2,4-5,7-10H,3,6H2,(H2,19,20,21,22,23). The van der Waals surface area contributed by atoms with Gasteiger partial charge >= 0.3 is 0 Å². The number of aromatic amines is 1. The Morgan fingerprint density at radius 3 is 2.61 bits per heavy atom. The lowest BCUT2D eigenvalue weighted by Gasteiger charge is -2.01. The number of H-pyrrole nitrogens is 1. The van der Waals surface area contributed by atoms with E-state index in [0.717, 1.165) is 11.1 Å². The molecule has 2 heterocycles. The number of amides is 1. The number of anilines is 1. The molecule has 0 atom stereocenters. The molecule has 0 saturated heterocycles. The summed E-state index contributed by atoms with van der Waals surface area (Å²) in [5.41, 5.74) is 1.73. The van der Waals surface area contributed by atoms with Crippen molar-refractivity contribution in [1.82, 2.24) is 20.2 Å². The fourth-order valence-corrected chi connectivity index (χ4v) is 2.05. The van der Waals surface area contributed by atoms with E-state index >= 15 is 0 Å². The monoisotopic (exact) mass is 311 g/mol. The summed E-state index contributed by atoms with van der Waals surface area (Å²) in [6.45, 7) is 0. The quantitative estimate of drug-likeness (QED) is 0.758. The Hall–Kier alpha value is -3.09. The van der Waals surface area contributed by atoms with Gasteiger partial charge in [-0.25, -0.2) is 4.39 Å². The second kappa shape index (κ2) is 6.78. The van der Waals surface area contributed by atoms with Gasteiger partial charge < -0.3 is 0 Å². The number of hydrogen-bond donors (Lipinski definition) is 2. The lowest BCUT2D eigenvalue weighted by molar-refractivity contribution is -0.116. The molecule has 0 unspecified atom stereocenters. The molecule has 0 radical (unpaired) electrons. The van der Waals surface area contributed by atoms with Crippen molar-refractivity contribution >= 4 is 11.9 Å². The first kappa shape index (κ1) is 14.8. The molecule has 2 N–H and O–H groups in total. The van der Waals surface area contributed by atoms with E-state index in [1.807, 2.05) is 0 Å². The molecule has 0 aliphatic rings. The summed E-state index contributed by atoms with van der Waals surface area (Å²) in [6.07, 6.45) is 4.09. The lowest BCUT2D eigenvalue weighted by Crippen LogP contribution is -2.13. The zero-order chi connectivity index (χ0) is 16.1. The fraction of sp³-hybridized carbons (Fsp3) is 0.125. The van der Waals surface area contributed by atoms with Crippen molar-refractivity contribution in [1.29, 1.82) is 0 Å². The predicted molar refractivity (Wildman–Crippen MR) is 83.0 cm³/mol. The van der Waals surface area contributed by atoms with E-state index in [4.69, 9.17) is 0 Å². The topological polar surface area (TPSA) is 83.6 Å². The van der Waals surface area contributed by atoms with E-state index in [-0.39, 0.29) is 24.1 Å². The van der Waals surface area contributed by atoms with Gasteiger partial charge in [0, 0.05) is 24.4 Å². The molecular formula is C16H14FN5O. The van der Waals surface area contributed by atoms with Crippen LogP contribution in [0.3, 0.4) is 0 Å². The van der Waals surface area contributed by atoms with Gasteiger partial charge in [-0.2, -0.15) is 4.98 Å². The molecule has 1 amide bonds. The van der Waals surface area contributed by atoms with Crippen LogP contribution in [0.25, 0.3) is 11.4 Å². The molecule has 0 aliphatic heterocycles. The van der Waals surface area contributed by atoms with Gasteiger partial charge in [-0.05, 0) is 36.2 Å². The van der Waals surface area contributed by atoms with Crippen LogP contribution < -0.4 is 5.32 Å². The first-order valence-electron chi connectivity index (χ1n) is 7.08. The van der Waals surface area contributed by atoms with Gasteiger partial charge in [-0.1, -0.05) is 12.1 Å². The SMILES string of the molecule is O=C(CCc1ccc(F)cc1)Nc1n[nH]c(-c2ccncc2)n1. The maximum Gasteiger partial charge on any atom is 0.249 e. The van der Waals surface area contributed by atoms with Gasteiger partial charge in [0.05, 0.1) is 0 Å². The fourth-order valence-electron chi connectivity index (χ4n) is 2.05. The number of benzene rings is 1. The maximum atomic E-state index is 12.8. The van der Waals surface area contributed by atoms with Crippen molar-refractivity contribution in [3.8, 4) is 11.4 Å². The summed E-state index contributed by atoms with van der Waals surface area (Å²) in [5.74, 6) is 0.291. The lowest BCUT2D eigenvalue weighted by atomic mass is 10.1. The molecule has 23 heavy (non-hydrogen) atoms. The van der Waals surface area contributed by atoms with Gasteiger partial charge in [0.1, 0.15) is 5.82 Å². The van der Waals surface area contributed by atoms with E-state index in [0.29, 0.717) is 12.2 Å². The van der Waals surface area contributed by atoms with Gasteiger partial charge in [0.25, 0.3) is 0 Å². The molecule has 116 valence electrons. The van der Waals surface area contributed by atoms with Crippen molar-refractivity contribution in [2.45, 2.75) is 12.8 Å². The number of nitrogens with zero attached hydrogens (tertiary/aromatic N) is 3. The highest BCUT2D eigenvalue weighted by Gasteiger charge is 2.09. The second-order valence-corrected chi connectivity index (χ2v) is 4.92. The van der Waals surface area contributed by atoms with Crippen molar-refractivity contribution in [3.63, 3.8) is 0 Å². The molecule has 0 saturated carbocycles. The normalized spacial score (nSPS) is 10.5. The smallest absolute Gasteiger partial charge is 0.249 e. The molecular weight excluding hydrogens is 297 g/mol. The van der Waals surface area contributed by atoms with Crippen molar-refractivity contribution in [2.75, 3.05) is 5.32 Å². The van der Waals surface area contributed by atoms with Crippen LogP contribution >= 0.6 is 0 Å². The molecule has 0 aliphatic carbocycles. The Bertz CT molecular complexity index is 786. The number of aromatic nitrogens is 4. The molecule has 3 rings (SSSR count). The van der Waals surface area contributed by atoms with Crippen LogP contribution in [0, 0.1) is 5.82 Å². The third-order valence-electron chi connectivity index (χ3n) is 3.24. The molecule has 0 fully saturated rings. The van der Waals surface area contributed by atoms with Crippen LogP contribution in [0.4, 0.5) is 10.3 Å². The number of carbonyl (C=O) groups excluding carboxylic acids is 1. The van der Waals surface area contributed by atoms with E-state index in [2.05, 4.69) is 25.5 Å². The third-order valence-corrected chi connectivity index (χ3v) is 3.24. The van der Waals surface area contributed by atoms with E-state index in [9.17, 15) is 9.18 Å². The Balaban J connectivity index is 1.56. The van der Waals surface area contributed by atoms with E-state index in [1.165, 1.54) is 12.1 Å². The predicted octanol–water partition coefficient (Wildman–Crippen LogP) is 2.58. The number of hydrogen-bond acceptors (Lipinski definition) is 4. The zero-order valence-corrected chi connectivity index (χ0v) is 12.2. The molecule has 1 aromatic carbocycles. The summed E-state index contributed by atoms with van der Waals surface area (Å²) >= 11 is 0. The summed E-state index contributed by atoms with van der Waals surface area (Å²) in [5, 5.41) is 9.35. The third kappa shape index (κ3) is 3.97. The molecule has 0 bridgehead atoms. The van der Waals surface area contributed by atoms with Crippen molar-refractivity contribution < 1.29 is 9.18 Å². The van der Waals surface area contributed by atoms with Gasteiger partial charge in [-0.3, -0.25) is 20.2 Å². The van der Waals surface area contributed by atoms with Crippen LogP contribution in [-0.2, 0) is 11.2 Å². The van der Waals surface area contributed by atoms with Crippen LogP contribution in [0.1, 0.15) is 12.0 Å². The van der Waals surface area contributed by atoms with Crippen molar-refractivity contribution in [2.24, 2.45) is 0 Å². The van der Waals surface area contributed by atoms with Gasteiger partial charge in [0.15, 0.2) is 5.82 Å². The summed E-state index contributed by atoms with van der Waals surface area (Å²) in [6, 6.07) is 9.67. The average Bonchev–Trinajstić information content (AvgIpc) is 3.04. The number of nitrogens with one attached hydrogen (secondary N) is 2. The zero-order valence-electron chi connectivity index (χ0n) is 12.2. The second-order valence-electron chi connectivity index (χ2n) is 4.92. The van der Waals surface area contributed by atoms with Crippen LogP contribution in [-0.4, -0.2) is 26.1 Å². The largest absolute Gasteiger partial charge is 0.293 e. The summed E-state index contributed by atoms with van der Waals surface area (Å²) in [7, 11) is 0. The number of carbonyl (C=O) groups is 1. The minimum absolute atomic E-state index is 0.199. The number of rotatable bonds is 5. The Kier molecular flexibility index (Phi) is 4.37. The van der Waals surface area contributed by atoms with Crippen LogP contribution in [0.15, 0.2) is 48.8 Å². The van der Waals surface area contributed by atoms with Gasteiger partial charge in [-0.15, -0.1) is 5.10 Å². The number of aryl methyl sites for hydroxylation is 1. The minimum atomic E-state index is -0.289. The highest BCUT2D eigenvalue weighted by Crippen LogP contribution is 2.14. The Morgan fingerprint density at radius 2 is 1.87 bits per heavy atom. The van der Waals surface area contributed by atoms with E-state index in [1.54, 1.807) is 36.7 Å².